The summed E-state index contributed by atoms with van der Waals surface area (Å²) in [4.78, 5) is 36.7. The number of aryl methyl sites for hydroxylation is 2. The number of benzene rings is 2. The highest BCUT2D eigenvalue weighted by atomic mass is 16.6. The van der Waals surface area contributed by atoms with Crippen molar-refractivity contribution in [2.24, 2.45) is 0 Å². The molecule has 2 amide bonds. The highest BCUT2D eigenvalue weighted by Gasteiger charge is 2.19. The van der Waals surface area contributed by atoms with Crippen LogP contribution in [0.4, 0.5) is 17.1 Å². The molecule has 0 saturated heterocycles. The first-order chi connectivity index (χ1) is 13.7. The van der Waals surface area contributed by atoms with Crippen molar-refractivity contribution >= 4 is 28.9 Å². The second-order valence-electron chi connectivity index (χ2n) is 6.68. The van der Waals surface area contributed by atoms with E-state index in [4.69, 9.17) is 4.74 Å². The van der Waals surface area contributed by atoms with Crippen LogP contribution in [0.3, 0.4) is 0 Å². The molecular formula is C20H24N4O5. The van der Waals surface area contributed by atoms with Gasteiger partial charge in [0.2, 0.25) is 11.8 Å². The van der Waals surface area contributed by atoms with Crippen LogP contribution in [0.15, 0.2) is 36.4 Å². The van der Waals surface area contributed by atoms with Gasteiger partial charge in [0.25, 0.3) is 5.69 Å². The Morgan fingerprint density at radius 1 is 1.07 bits per heavy atom. The van der Waals surface area contributed by atoms with Gasteiger partial charge < -0.3 is 15.4 Å². The molecule has 154 valence electrons. The molecule has 0 aliphatic rings. The quantitative estimate of drug-likeness (QED) is 0.520. The summed E-state index contributed by atoms with van der Waals surface area (Å²) in [6.07, 6.45) is 0. The van der Waals surface area contributed by atoms with Crippen molar-refractivity contribution in [2.45, 2.75) is 13.8 Å². The number of carbonyl (C=O) groups excluding carboxylic acids is 2. The zero-order valence-electron chi connectivity index (χ0n) is 16.8. The smallest absolute Gasteiger partial charge is 0.296 e. The Bertz CT molecular complexity index is 909. The molecule has 2 N–H and O–H groups in total. The second-order valence-corrected chi connectivity index (χ2v) is 6.68. The fourth-order valence-corrected chi connectivity index (χ4v) is 2.82. The number of methoxy groups -OCH3 is 1. The Hall–Kier alpha value is -3.46. The van der Waals surface area contributed by atoms with Gasteiger partial charge in [0, 0.05) is 5.69 Å². The minimum atomic E-state index is -0.597. The van der Waals surface area contributed by atoms with E-state index in [0.717, 1.165) is 16.8 Å². The fraction of sp³-hybridized carbons (Fsp3) is 0.300. The normalized spacial score (nSPS) is 10.5. The van der Waals surface area contributed by atoms with Crippen LogP contribution in [0.25, 0.3) is 0 Å². The van der Waals surface area contributed by atoms with Gasteiger partial charge in [-0.2, -0.15) is 0 Å². The number of nitrogens with one attached hydrogen (secondary N) is 2. The van der Waals surface area contributed by atoms with Gasteiger partial charge in [-0.15, -0.1) is 0 Å². The van der Waals surface area contributed by atoms with Crippen LogP contribution in [0.5, 0.6) is 5.75 Å². The molecule has 0 radical (unpaired) electrons. The molecule has 0 fully saturated rings. The lowest BCUT2D eigenvalue weighted by Gasteiger charge is -2.17. The molecule has 0 aliphatic carbocycles. The predicted octanol–water partition coefficient (Wildman–Crippen LogP) is 2.73. The summed E-state index contributed by atoms with van der Waals surface area (Å²) in [6.45, 7) is 3.69. The average molecular weight is 400 g/mol. The molecule has 0 spiro atoms. The van der Waals surface area contributed by atoms with Crippen molar-refractivity contribution in [1.82, 2.24) is 4.90 Å². The third kappa shape index (κ3) is 6.01. The summed E-state index contributed by atoms with van der Waals surface area (Å²) in [5.74, 6) is -0.413. The number of nitro benzene ring substituents is 1. The summed E-state index contributed by atoms with van der Waals surface area (Å²) in [5.41, 5.74) is 2.45. The number of anilines is 2. The SMILES string of the molecule is COc1ccc(NC(=O)CN(C)CC(=O)Nc2c(C)cccc2C)c([N+](=O)[O-])c1. The highest BCUT2D eigenvalue weighted by molar-refractivity contribution is 5.96. The summed E-state index contributed by atoms with van der Waals surface area (Å²) in [7, 11) is 3.02. The number of ether oxygens (including phenoxy) is 1. The van der Waals surface area contributed by atoms with Gasteiger partial charge in [0.1, 0.15) is 11.4 Å². The Kier molecular flexibility index (Phi) is 7.27. The number of carbonyl (C=O) groups is 2. The molecule has 29 heavy (non-hydrogen) atoms. The van der Waals surface area contributed by atoms with Crippen LogP contribution in [0.2, 0.25) is 0 Å². The van der Waals surface area contributed by atoms with Gasteiger partial charge in [-0.05, 0) is 44.2 Å². The van der Waals surface area contributed by atoms with Crippen LogP contribution in [0.1, 0.15) is 11.1 Å². The molecule has 0 bridgehead atoms. The zero-order valence-corrected chi connectivity index (χ0v) is 16.8. The largest absolute Gasteiger partial charge is 0.496 e. The second kappa shape index (κ2) is 9.65. The first kappa shape index (κ1) is 21.8. The molecule has 9 nitrogen and oxygen atoms in total. The standard InChI is InChI=1S/C20H24N4O5/c1-13-6-5-7-14(2)20(13)22-19(26)12-23(3)11-18(25)21-16-9-8-15(29-4)10-17(16)24(27)28/h5-10H,11-12H2,1-4H3,(H,21,25)(H,22,26). The average Bonchev–Trinajstić information content (AvgIpc) is 2.64. The fourth-order valence-electron chi connectivity index (χ4n) is 2.82. The molecular weight excluding hydrogens is 376 g/mol. The first-order valence-electron chi connectivity index (χ1n) is 8.88. The Morgan fingerprint density at radius 3 is 2.21 bits per heavy atom. The van der Waals surface area contributed by atoms with Crippen LogP contribution >= 0.6 is 0 Å². The van der Waals surface area contributed by atoms with Crippen molar-refractivity contribution < 1.29 is 19.2 Å². The highest BCUT2D eigenvalue weighted by Crippen LogP contribution is 2.28. The van der Waals surface area contributed by atoms with E-state index in [1.54, 1.807) is 7.05 Å². The van der Waals surface area contributed by atoms with Crippen LogP contribution in [-0.4, -0.2) is 48.9 Å². The molecule has 9 heteroatoms. The van der Waals surface area contributed by atoms with Gasteiger partial charge in [-0.1, -0.05) is 18.2 Å². The molecule has 0 unspecified atom stereocenters. The van der Waals surface area contributed by atoms with E-state index in [2.05, 4.69) is 10.6 Å². The summed E-state index contributed by atoms with van der Waals surface area (Å²) in [5, 5.41) is 16.6. The number of nitro groups is 1. The van der Waals surface area contributed by atoms with Crippen molar-refractivity contribution in [3.63, 3.8) is 0 Å². The summed E-state index contributed by atoms with van der Waals surface area (Å²) < 4.78 is 4.97. The van der Waals surface area contributed by atoms with E-state index in [9.17, 15) is 19.7 Å². The van der Waals surface area contributed by atoms with Gasteiger partial charge in [-0.3, -0.25) is 24.6 Å². The van der Waals surface area contributed by atoms with Crippen molar-refractivity contribution in [3.8, 4) is 5.75 Å². The van der Waals surface area contributed by atoms with Gasteiger partial charge in [-0.25, -0.2) is 0 Å². The van der Waals surface area contributed by atoms with Crippen LogP contribution in [-0.2, 0) is 9.59 Å². The molecule has 2 aromatic carbocycles. The lowest BCUT2D eigenvalue weighted by Crippen LogP contribution is -2.36. The number of hydrogen-bond donors (Lipinski definition) is 2. The Labute approximate surface area is 168 Å². The number of amides is 2. The summed E-state index contributed by atoms with van der Waals surface area (Å²) in [6, 6.07) is 9.88. The van der Waals surface area contributed by atoms with Crippen molar-refractivity contribution in [3.05, 3.63) is 57.6 Å². The van der Waals surface area contributed by atoms with E-state index in [-0.39, 0.29) is 30.4 Å². The van der Waals surface area contributed by atoms with E-state index in [1.165, 1.54) is 30.2 Å². The minimum absolute atomic E-state index is 0.00804. The van der Waals surface area contributed by atoms with Gasteiger partial charge >= 0.3 is 0 Å². The van der Waals surface area contributed by atoms with Gasteiger partial charge in [0.15, 0.2) is 0 Å². The number of rotatable bonds is 8. The number of nitrogens with zero attached hydrogens (tertiary/aromatic N) is 2. The van der Waals surface area contributed by atoms with E-state index < -0.39 is 10.8 Å². The molecule has 0 atom stereocenters. The number of hydrogen-bond acceptors (Lipinski definition) is 6. The molecule has 2 rings (SSSR count). The maximum Gasteiger partial charge on any atom is 0.296 e. The van der Waals surface area contributed by atoms with E-state index >= 15 is 0 Å². The Balaban J connectivity index is 1.95. The van der Waals surface area contributed by atoms with Crippen LogP contribution < -0.4 is 15.4 Å². The van der Waals surface area contributed by atoms with E-state index in [0.29, 0.717) is 5.75 Å². The predicted molar refractivity (Wildman–Crippen MR) is 110 cm³/mol. The van der Waals surface area contributed by atoms with Crippen LogP contribution in [0, 0.1) is 24.0 Å². The number of likely N-dealkylation sites (N-methyl/N-ethyl adjacent to an activating group) is 1. The lowest BCUT2D eigenvalue weighted by atomic mass is 10.1. The zero-order chi connectivity index (χ0) is 21.6. The third-order valence-corrected chi connectivity index (χ3v) is 4.25. The molecule has 0 saturated carbocycles. The third-order valence-electron chi connectivity index (χ3n) is 4.25. The van der Waals surface area contributed by atoms with Gasteiger partial charge in [0.05, 0.1) is 31.2 Å². The van der Waals surface area contributed by atoms with Crippen molar-refractivity contribution in [1.29, 1.82) is 0 Å². The topological polar surface area (TPSA) is 114 Å². The summed E-state index contributed by atoms with van der Waals surface area (Å²) >= 11 is 0. The molecule has 0 aromatic heterocycles. The maximum absolute atomic E-state index is 12.3. The lowest BCUT2D eigenvalue weighted by molar-refractivity contribution is -0.384. The van der Waals surface area contributed by atoms with E-state index in [1.807, 2.05) is 32.0 Å². The Morgan fingerprint density at radius 2 is 1.66 bits per heavy atom. The monoisotopic (exact) mass is 400 g/mol. The molecule has 0 heterocycles. The number of para-hydroxylation sites is 1. The minimum Gasteiger partial charge on any atom is -0.496 e. The maximum atomic E-state index is 12.3. The molecule has 2 aromatic rings. The van der Waals surface area contributed by atoms with Crippen molar-refractivity contribution in [2.75, 3.05) is 37.9 Å². The molecule has 0 aliphatic heterocycles. The first-order valence-corrected chi connectivity index (χ1v) is 8.88.